The molecule has 0 spiro atoms. The highest BCUT2D eigenvalue weighted by Gasteiger charge is 2.34. The number of thiophene rings is 2. The van der Waals surface area contributed by atoms with Crippen LogP contribution in [0.15, 0.2) is 40.1 Å². The van der Waals surface area contributed by atoms with E-state index in [9.17, 15) is 4.79 Å². The highest BCUT2D eigenvalue weighted by molar-refractivity contribution is 8.00. The Bertz CT molecular complexity index is 703. The van der Waals surface area contributed by atoms with Gasteiger partial charge in [-0.1, -0.05) is 25.0 Å². The van der Waals surface area contributed by atoms with E-state index in [0.29, 0.717) is 11.0 Å². The average molecular weight is 377 g/mol. The van der Waals surface area contributed by atoms with Crippen LogP contribution in [0.3, 0.4) is 0 Å². The first-order chi connectivity index (χ1) is 11.8. The quantitative estimate of drug-likeness (QED) is 0.722. The lowest BCUT2D eigenvalue weighted by atomic mass is 10.1. The molecule has 1 aliphatic carbocycles. The zero-order chi connectivity index (χ0) is 16.4. The van der Waals surface area contributed by atoms with Gasteiger partial charge in [0.15, 0.2) is 0 Å². The normalized spacial score (nSPS) is 21.4. The zero-order valence-electron chi connectivity index (χ0n) is 13.4. The Morgan fingerprint density at radius 1 is 1.21 bits per heavy atom. The molecule has 24 heavy (non-hydrogen) atoms. The number of hydrogen-bond donors (Lipinski definition) is 0. The van der Waals surface area contributed by atoms with Crippen molar-refractivity contribution in [1.82, 2.24) is 5.01 Å². The highest BCUT2D eigenvalue weighted by Crippen LogP contribution is 2.37. The van der Waals surface area contributed by atoms with Crippen LogP contribution < -0.4 is 0 Å². The van der Waals surface area contributed by atoms with E-state index in [1.807, 2.05) is 17.8 Å². The maximum atomic E-state index is 12.8. The SMILES string of the molecule is O=C(CSC1CCCC1)N1N=C(c2cccs2)C[C@@H]1c1cccs1. The first kappa shape index (κ1) is 16.4. The molecule has 1 aliphatic heterocycles. The number of amides is 1. The summed E-state index contributed by atoms with van der Waals surface area (Å²) in [6, 6.07) is 8.38. The summed E-state index contributed by atoms with van der Waals surface area (Å²) >= 11 is 5.23. The van der Waals surface area contributed by atoms with Gasteiger partial charge >= 0.3 is 0 Å². The van der Waals surface area contributed by atoms with Gasteiger partial charge in [-0.15, -0.1) is 34.4 Å². The van der Waals surface area contributed by atoms with Crippen LogP contribution >= 0.6 is 34.4 Å². The monoisotopic (exact) mass is 376 g/mol. The number of carbonyl (C=O) groups excluding carboxylic acids is 1. The summed E-state index contributed by atoms with van der Waals surface area (Å²) < 4.78 is 0. The van der Waals surface area contributed by atoms with Crippen molar-refractivity contribution in [3.8, 4) is 0 Å². The number of thioether (sulfide) groups is 1. The van der Waals surface area contributed by atoms with Gasteiger partial charge in [-0.2, -0.15) is 5.10 Å². The van der Waals surface area contributed by atoms with Crippen molar-refractivity contribution in [2.24, 2.45) is 5.10 Å². The Hall–Kier alpha value is -1.11. The topological polar surface area (TPSA) is 32.7 Å². The number of hydrazone groups is 1. The van der Waals surface area contributed by atoms with E-state index in [2.05, 4.69) is 29.0 Å². The molecule has 3 nitrogen and oxygen atoms in total. The molecular weight excluding hydrogens is 356 g/mol. The Kier molecular flexibility index (Phi) is 5.06. The molecule has 2 aromatic rings. The predicted molar refractivity (Wildman–Crippen MR) is 104 cm³/mol. The van der Waals surface area contributed by atoms with E-state index in [0.717, 1.165) is 12.1 Å². The average Bonchev–Trinajstić information content (AvgIpc) is 3.40. The molecule has 2 aromatic heterocycles. The van der Waals surface area contributed by atoms with Gasteiger partial charge < -0.3 is 0 Å². The number of carbonyl (C=O) groups is 1. The second-order valence-corrected chi connectivity index (χ2v) is 9.43. The fourth-order valence-electron chi connectivity index (χ4n) is 3.34. The molecule has 1 fully saturated rings. The van der Waals surface area contributed by atoms with Crippen LogP contribution in [0.25, 0.3) is 0 Å². The van der Waals surface area contributed by atoms with Crippen LogP contribution in [0.5, 0.6) is 0 Å². The molecule has 2 aliphatic rings. The van der Waals surface area contributed by atoms with E-state index in [1.54, 1.807) is 27.7 Å². The molecule has 6 heteroatoms. The van der Waals surface area contributed by atoms with Crippen molar-refractivity contribution in [3.63, 3.8) is 0 Å². The molecule has 0 unspecified atom stereocenters. The predicted octanol–water partition coefficient (Wildman–Crippen LogP) is 5.16. The lowest BCUT2D eigenvalue weighted by Crippen LogP contribution is -2.28. The summed E-state index contributed by atoms with van der Waals surface area (Å²) in [5.41, 5.74) is 1.04. The fraction of sp³-hybridized carbons (Fsp3) is 0.444. The molecule has 1 amide bonds. The van der Waals surface area contributed by atoms with E-state index in [4.69, 9.17) is 5.10 Å². The minimum atomic E-state index is 0.0683. The highest BCUT2D eigenvalue weighted by atomic mass is 32.2. The van der Waals surface area contributed by atoms with Gasteiger partial charge in [-0.3, -0.25) is 4.79 Å². The third-order valence-corrected chi connectivity index (χ3v) is 7.84. The third kappa shape index (κ3) is 3.46. The van der Waals surface area contributed by atoms with Gasteiger partial charge in [0.1, 0.15) is 0 Å². The Morgan fingerprint density at radius 3 is 2.71 bits per heavy atom. The van der Waals surface area contributed by atoms with Crippen molar-refractivity contribution in [1.29, 1.82) is 0 Å². The number of nitrogens with zero attached hydrogens (tertiary/aromatic N) is 2. The van der Waals surface area contributed by atoms with E-state index in [1.165, 1.54) is 35.4 Å². The smallest absolute Gasteiger partial charge is 0.253 e. The van der Waals surface area contributed by atoms with Crippen molar-refractivity contribution in [2.75, 3.05) is 5.75 Å². The Balaban J connectivity index is 1.50. The van der Waals surface area contributed by atoms with Gasteiger partial charge in [0, 0.05) is 16.5 Å². The number of hydrogen-bond acceptors (Lipinski definition) is 5. The molecule has 126 valence electrons. The van der Waals surface area contributed by atoms with E-state index in [-0.39, 0.29) is 11.9 Å². The first-order valence-corrected chi connectivity index (χ1v) is 11.2. The van der Waals surface area contributed by atoms with Crippen molar-refractivity contribution < 1.29 is 4.79 Å². The lowest BCUT2D eigenvalue weighted by molar-refractivity contribution is -0.130. The van der Waals surface area contributed by atoms with Crippen molar-refractivity contribution >= 4 is 46.1 Å². The zero-order valence-corrected chi connectivity index (χ0v) is 15.8. The van der Waals surface area contributed by atoms with Gasteiger partial charge in [0.05, 0.1) is 22.4 Å². The molecular formula is C18H20N2OS3. The van der Waals surface area contributed by atoms with Crippen molar-refractivity contribution in [3.05, 3.63) is 44.8 Å². The lowest BCUT2D eigenvalue weighted by Gasteiger charge is -2.21. The maximum Gasteiger partial charge on any atom is 0.253 e. The summed E-state index contributed by atoms with van der Waals surface area (Å²) in [7, 11) is 0. The molecule has 1 saturated carbocycles. The number of rotatable bonds is 5. The summed E-state index contributed by atoms with van der Waals surface area (Å²) in [5, 5.41) is 11.3. The van der Waals surface area contributed by atoms with Gasteiger partial charge in [-0.25, -0.2) is 5.01 Å². The second kappa shape index (κ2) is 7.42. The third-order valence-electron chi connectivity index (χ3n) is 4.59. The first-order valence-electron chi connectivity index (χ1n) is 8.39. The van der Waals surface area contributed by atoms with Crippen LogP contribution in [0.1, 0.15) is 47.9 Å². The van der Waals surface area contributed by atoms with Gasteiger partial charge in [0.25, 0.3) is 5.91 Å². The largest absolute Gasteiger partial charge is 0.272 e. The summed E-state index contributed by atoms with van der Waals surface area (Å²) in [6.45, 7) is 0. The van der Waals surface area contributed by atoms with Crippen LogP contribution in [0.4, 0.5) is 0 Å². The van der Waals surface area contributed by atoms with E-state index < -0.39 is 0 Å². The minimum absolute atomic E-state index is 0.0683. The van der Waals surface area contributed by atoms with Gasteiger partial charge in [-0.05, 0) is 35.7 Å². The molecule has 4 rings (SSSR count). The molecule has 0 aromatic carbocycles. The molecule has 0 saturated heterocycles. The second-order valence-electron chi connectivity index (χ2n) is 6.22. The van der Waals surface area contributed by atoms with Crippen LogP contribution in [-0.2, 0) is 4.79 Å². The maximum absolute atomic E-state index is 12.8. The molecule has 0 N–H and O–H groups in total. The minimum Gasteiger partial charge on any atom is -0.272 e. The molecule has 0 radical (unpaired) electrons. The Morgan fingerprint density at radius 2 is 2.00 bits per heavy atom. The van der Waals surface area contributed by atoms with Crippen molar-refractivity contribution in [2.45, 2.75) is 43.4 Å². The Labute approximate surface area is 154 Å². The fourth-order valence-corrected chi connectivity index (χ4v) is 6.05. The van der Waals surface area contributed by atoms with Gasteiger partial charge in [0.2, 0.25) is 0 Å². The molecule has 1 atom stereocenters. The molecule has 0 bridgehead atoms. The standard InChI is InChI=1S/C18H20N2OS3/c21-18(12-24-13-5-1-2-6-13)20-15(17-8-4-10-23-17)11-14(19-20)16-7-3-9-22-16/h3-4,7-10,13,15H,1-2,5-6,11-12H2/t15-/m1/s1. The van der Waals surface area contributed by atoms with Crippen LogP contribution in [0, 0.1) is 0 Å². The summed E-state index contributed by atoms with van der Waals surface area (Å²) in [6.07, 6.45) is 5.97. The summed E-state index contributed by atoms with van der Waals surface area (Å²) in [4.78, 5) is 15.2. The summed E-state index contributed by atoms with van der Waals surface area (Å²) in [5.74, 6) is 0.699. The van der Waals surface area contributed by atoms with E-state index >= 15 is 0 Å². The molecule has 3 heterocycles. The van der Waals surface area contributed by atoms with Crippen LogP contribution in [-0.4, -0.2) is 27.6 Å². The van der Waals surface area contributed by atoms with Crippen LogP contribution in [0.2, 0.25) is 0 Å².